The van der Waals surface area contributed by atoms with Crippen molar-refractivity contribution in [2.24, 2.45) is 5.73 Å². The second-order valence-electron chi connectivity index (χ2n) is 5.80. The minimum atomic E-state index is -0.431. The number of aromatic hydroxyl groups is 1. The number of rotatable bonds is 6. The van der Waals surface area contributed by atoms with Crippen molar-refractivity contribution >= 4 is 34.0 Å². The Bertz CT molecular complexity index is 943. The van der Waals surface area contributed by atoms with Crippen molar-refractivity contribution in [3.05, 3.63) is 65.2 Å². The first-order valence-electron chi connectivity index (χ1n) is 8.24. The Morgan fingerprint density at radius 3 is 2.58 bits per heavy atom. The number of phenolic OH excluding ortho intramolecular Hbond substituents is 1. The predicted molar refractivity (Wildman–Crippen MR) is 104 cm³/mol. The van der Waals surface area contributed by atoms with Gasteiger partial charge in [-0.15, -0.1) is 0 Å². The summed E-state index contributed by atoms with van der Waals surface area (Å²) in [7, 11) is 0. The van der Waals surface area contributed by atoms with Gasteiger partial charge >= 0.3 is 0 Å². The zero-order valence-corrected chi connectivity index (χ0v) is 14.8. The molecular formula is C20H19ClN2O3. The number of carbonyl (C=O) groups is 1. The minimum Gasteiger partial charge on any atom is -0.507 e. The molecule has 134 valence electrons. The van der Waals surface area contributed by atoms with Gasteiger partial charge in [-0.3, -0.25) is 4.79 Å². The van der Waals surface area contributed by atoms with Crippen molar-refractivity contribution in [3.8, 4) is 11.5 Å². The zero-order chi connectivity index (χ0) is 18.5. The number of anilines is 1. The number of nitrogens with one attached hydrogen (secondary N) is 1. The van der Waals surface area contributed by atoms with Gasteiger partial charge < -0.3 is 20.9 Å². The van der Waals surface area contributed by atoms with Gasteiger partial charge in [-0.05, 0) is 48.0 Å². The molecule has 3 aromatic rings. The van der Waals surface area contributed by atoms with Crippen LogP contribution in [0.1, 0.15) is 16.8 Å². The van der Waals surface area contributed by atoms with E-state index in [9.17, 15) is 9.90 Å². The molecule has 3 rings (SSSR count). The molecule has 0 saturated heterocycles. The molecule has 0 saturated carbocycles. The summed E-state index contributed by atoms with van der Waals surface area (Å²) >= 11 is 6.02. The Morgan fingerprint density at radius 1 is 1.12 bits per heavy atom. The highest BCUT2D eigenvalue weighted by atomic mass is 35.5. The summed E-state index contributed by atoms with van der Waals surface area (Å²) in [5.74, 6) is -0.0559. The van der Waals surface area contributed by atoms with Gasteiger partial charge in [0.1, 0.15) is 11.5 Å². The third-order valence-electron chi connectivity index (χ3n) is 3.91. The molecule has 4 N–H and O–H groups in total. The Balaban J connectivity index is 1.87. The molecule has 0 aliphatic heterocycles. The van der Waals surface area contributed by atoms with E-state index in [1.807, 2.05) is 24.3 Å². The minimum absolute atomic E-state index is 0.0826. The highest BCUT2D eigenvalue weighted by Gasteiger charge is 2.15. The van der Waals surface area contributed by atoms with E-state index in [1.165, 1.54) is 0 Å². The lowest BCUT2D eigenvalue weighted by atomic mass is 10.1. The van der Waals surface area contributed by atoms with Crippen LogP contribution in [0.5, 0.6) is 11.5 Å². The molecule has 3 aromatic carbocycles. The maximum Gasteiger partial charge on any atom is 0.259 e. The van der Waals surface area contributed by atoms with Crippen molar-refractivity contribution in [2.75, 3.05) is 18.5 Å². The molecule has 0 heterocycles. The lowest BCUT2D eigenvalue weighted by Crippen LogP contribution is -2.14. The molecule has 6 heteroatoms. The van der Waals surface area contributed by atoms with Crippen LogP contribution in [0.4, 0.5) is 5.69 Å². The fourth-order valence-electron chi connectivity index (χ4n) is 2.58. The Labute approximate surface area is 156 Å². The predicted octanol–water partition coefficient (Wildman–Crippen LogP) is 4.18. The average molecular weight is 371 g/mol. The largest absolute Gasteiger partial charge is 0.507 e. The molecule has 26 heavy (non-hydrogen) atoms. The smallest absolute Gasteiger partial charge is 0.259 e. The number of ether oxygens (including phenoxy) is 1. The van der Waals surface area contributed by atoms with Crippen LogP contribution in [0.25, 0.3) is 10.8 Å². The SMILES string of the molecule is NCCCOc1cc(Cl)ccc1NC(=O)c1cc2ccccc2cc1O. The molecule has 0 spiro atoms. The first-order chi connectivity index (χ1) is 12.6. The van der Waals surface area contributed by atoms with Crippen LogP contribution in [-0.2, 0) is 0 Å². The average Bonchev–Trinajstić information content (AvgIpc) is 2.63. The molecule has 0 aliphatic rings. The molecule has 0 aliphatic carbocycles. The molecule has 1 amide bonds. The first-order valence-corrected chi connectivity index (χ1v) is 8.62. The first kappa shape index (κ1) is 18.0. The van der Waals surface area contributed by atoms with Crippen LogP contribution in [0.3, 0.4) is 0 Å². The van der Waals surface area contributed by atoms with Gasteiger partial charge in [-0.25, -0.2) is 0 Å². The monoisotopic (exact) mass is 370 g/mol. The van der Waals surface area contributed by atoms with Gasteiger partial charge in [0.25, 0.3) is 5.91 Å². The second-order valence-corrected chi connectivity index (χ2v) is 6.24. The molecule has 0 bridgehead atoms. The van der Waals surface area contributed by atoms with Crippen molar-refractivity contribution in [3.63, 3.8) is 0 Å². The number of carbonyl (C=O) groups excluding carboxylic acids is 1. The summed E-state index contributed by atoms with van der Waals surface area (Å²) in [6, 6.07) is 15.7. The van der Waals surface area contributed by atoms with Crippen LogP contribution in [-0.4, -0.2) is 24.2 Å². The summed E-state index contributed by atoms with van der Waals surface area (Å²) in [5, 5.41) is 15.2. The van der Waals surface area contributed by atoms with E-state index < -0.39 is 5.91 Å². The van der Waals surface area contributed by atoms with Crippen molar-refractivity contribution in [1.29, 1.82) is 0 Å². The quantitative estimate of drug-likeness (QED) is 0.568. The molecule has 0 atom stereocenters. The summed E-state index contributed by atoms with van der Waals surface area (Å²) in [5.41, 5.74) is 6.14. The molecule has 0 unspecified atom stereocenters. The summed E-state index contributed by atoms with van der Waals surface area (Å²) in [6.45, 7) is 0.925. The number of benzene rings is 3. The van der Waals surface area contributed by atoms with E-state index in [1.54, 1.807) is 30.3 Å². The standard InChI is InChI=1S/C20H19ClN2O3/c21-15-6-7-17(19(12-15)26-9-3-8-22)23-20(25)16-10-13-4-1-2-5-14(13)11-18(16)24/h1-2,4-7,10-12,24H,3,8-9,22H2,(H,23,25). The Kier molecular flexibility index (Phi) is 5.61. The fraction of sp³-hybridized carbons (Fsp3) is 0.150. The van der Waals surface area contributed by atoms with Crippen molar-refractivity contribution in [1.82, 2.24) is 0 Å². The molecular weight excluding hydrogens is 352 g/mol. The molecule has 5 nitrogen and oxygen atoms in total. The lowest BCUT2D eigenvalue weighted by Gasteiger charge is -2.14. The van der Waals surface area contributed by atoms with Crippen LogP contribution in [0.15, 0.2) is 54.6 Å². The zero-order valence-electron chi connectivity index (χ0n) is 14.0. The number of amides is 1. The maximum atomic E-state index is 12.7. The normalized spacial score (nSPS) is 10.7. The molecule has 0 fully saturated rings. The van der Waals surface area contributed by atoms with E-state index >= 15 is 0 Å². The number of nitrogens with two attached hydrogens (primary N) is 1. The number of fused-ring (bicyclic) bond motifs is 1. The highest BCUT2D eigenvalue weighted by Crippen LogP contribution is 2.30. The van der Waals surface area contributed by atoms with E-state index in [0.717, 1.165) is 10.8 Å². The van der Waals surface area contributed by atoms with Gasteiger partial charge in [-0.2, -0.15) is 0 Å². The van der Waals surface area contributed by atoms with Gasteiger partial charge in [-0.1, -0.05) is 35.9 Å². The van der Waals surface area contributed by atoms with Crippen molar-refractivity contribution in [2.45, 2.75) is 6.42 Å². The van der Waals surface area contributed by atoms with Gasteiger partial charge in [0, 0.05) is 11.1 Å². The van der Waals surface area contributed by atoms with E-state index in [-0.39, 0.29) is 11.3 Å². The highest BCUT2D eigenvalue weighted by molar-refractivity contribution is 6.30. The Morgan fingerprint density at radius 2 is 1.85 bits per heavy atom. The van der Waals surface area contributed by atoms with Crippen molar-refractivity contribution < 1.29 is 14.6 Å². The second kappa shape index (κ2) is 8.08. The number of hydrogen-bond acceptors (Lipinski definition) is 4. The topological polar surface area (TPSA) is 84.6 Å². The Hall–Kier alpha value is -2.76. The number of halogens is 1. The third-order valence-corrected chi connectivity index (χ3v) is 4.14. The van der Waals surface area contributed by atoms with E-state index in [0.29, 0.717) is 36.0 Å². The van der Waals surface area contributed by atoms with Gasteiger partial charge in [0.15, 0.2) is 0 Å². The van der Waals surface area contributed by atoms with Gasteiger partial charge in [0.05, 0.1) is 17.9 Å². The summed E-state index contributed by atoms with van der Waals surface area (Å²) in [6.07, 6.45) is 0.686. The van der Waals surface area contributed by atoms with Crippen LogP contribution in [0.2, 0.25) is 5.02 Å². The summed E-state index contributed by atoms with van der Waals surface area (Å²) < 4.78 is 5.65. The number of phenols is 1. The lowest BCUT2D eigenvalue weighted by molar-refractivity contribution is 0.102. The van der Waals surface area contributed by atoms with Crippen LogP contribution in [0, 0.1) is 0 Å². The third kappa shape index (κ3) is 4.07. The van der Waals surface area contributed by atoms with E-state index in [2.05, 4.69) is 5.32 Å². The maximum absolute atomic E-state index is 12.7. The molecule has 0 aromatic heterocycles. The molecule has 0 radical (unpaired) electrons. The summed E-state index contributed by atoms with van der Waals surface area (Å²) in [4.78, 5) is 12.7. The van der Waals surface area contributed by atoms with Crippen LogP contribution >= 0.6 is 11.6 Å². The van der Waals surface area contributed by atoms with Crippen LogP contribution < -0.4 is 15.8 Å². The van der Waals surface area contributed by atoms with E-state index in [4.69, 9.17) is 22.1 Å². The number of hydrogen-bond donors (Lipinski definition) is 3. The fourth-order valence-corrected chi connectivity index (χ4v) is 2.75. The van der Waals surface area contributed by atoms with Gasteiger partial charge in [0.2, 0.25) is 0 Å².